The molecule has 1 rings (SSSR count). The zero-order chi connectivity index (χ0) is 17.1. The maximum absolute atomic E-state index is 6.21. The molecule has 1 saturated heterocycles. The van der Waals surface area contributed by atoms with Crippen LogP contribution in [0, 0.1) is 0 Å². The van der Waals surface area contributed by atoms with E-state index in [1.165, 1.54) is 0 Å². The molecule has 0 unspecified atom stereocenters. The highest BCUT2D eigenvalue weighted by molar-refractivity contribution is 6.76. The molecule has 22 heavy (non-hydrogen) atoms. The third kappa shape index (κ3) is 4.95. The second-order valence-electron chi connectivity index (χ2n) is 9.06. The summed E-state index contributed by atoms with van der Waals surface area (Å²) in [6.07, 6.45) is 4.28. The quantitative estimate of drug-likeness (QED) is 0.497. The van der Waals surface area contributed by atoms with Crippen molar-refractivity contribution in [2.45, 2.75) is 77.8 Å². The zero-order valence-electron chi connectivity index (χ0n) is 16.0. The van der Waals surface area contributed by atoms with Gasteiger partial charge in [-0.05, 0) is 31.0 Å². The van der Waals surface area contributed by atoms with Gasteiger partial charge in [-0.1, -0.05) is 41.5 Å². The lowest BCUT2D eigenvalue weighted by atomic mass is 9.40. The van der Waals surface area contributed by atoms with Gasteiger partial charge in [0.25, 0.3) is 6.55 Å². The van der Waals surface area contributed by atoms with E-state index in [4.69, 9.17) is 13.7 Å². The third-order valence-electron chi connectivity index (χ3n) is 5.20. The first-order chi connectivity index (χ1) is 9.91. The Labute approximate surface area is 138 Å². The minimum absolute atomic E-state index is 0.00460. The minimum Gasteiger partial charge on any atom is -0.563 e. The van der Waals surface area contributed by atoms with Crippen LogP contribution >= 0.6 is 0 Å². The smallest absolute Gasteiger partial charge is 0.267 e. The number of allylic oxidation sites excluding steroid dienone is 1. The summed E-state index contributed by atoms with van der Waals surface area (Å²) in [6, 6.07) is 0. The average molecular weight is 327 g/mol. The summed E-state index contributed by atoms with van der Waals surface area (Å²) in [5, 5.41) is 0.290. The molecule has 0 bridgehead atoms. The van der Waals surface area contributed by atoms with Gasteiger partial charge in [0.1, 0.15) is 0 Å². The molecule has 1 heterocycles. The van der Waals surface area contributed by atoms with Crippen molar-refractivity contribution in [3.63, 3.8) is 0 Å². The van der Waals surface area contributed by atoms with Crippen LogP contribution in [0.25, 0.3) is 0 Å². The van der Waals surface area contributed by atoms with Crippen LogP contribution < -0.4 is 0 Å². The predicted molar refractivity (Wildman–Crippen MR) is 98.9 cm³/mol. The van der Waals surface area contributed by atoms with E-state index < -0.39 is 14.9 Å². The number of hydrogen-bond acceptors (Lipinski definition) is 3. The number of unbranched alkanes of at least 4 members (excludes halogenated alkanes) is 1. The van der Waals surface area contributed by atoms with E-state index in [9.17, 15) is 0 Å². The molecule has 0 aromatic heterocycles. The SMILES string of the molecule is CC(C)(C)[B-]1(/C=C/CCCO[Si](C)(C)C(C)(C)C)OCCO1. The first-order valence-electron chi connectivity index (χ1n) is 8.66. The number of rotatable bonds is 6. The maximum Gasteiger partial charge on any atom is 0.267 e. The summed E-state index contributed by atoms with van der Waals surface area (Å²) in [5.41, 5.74) is 0. The van der Waals surface area contributed by atoms with Crippen molar-refractivity contribution in [3.8, 4) is 0 Å². The van der Waals surface area contributed by atoms with Crippen LogP contribution in [0.4, 0.5) is 0 Å². The zero-order valence-corrected chi connectivity index (χ0v) is 17.0. The van der Waals surface area contributed by atoms with Gasteiger partial charge in [-0.25, -0.2) is 0 Å². The standard InChI is InChI=1S/C17H36BO3Si/c1-16(2,3)18(19-14-15-20-18)12-10-9-11-13-21-22(7,8)17(4,5)6/h10,12H,9,11,13-15H2,1-8H3/q-1/b12-10+. The molecule has 5 heteroatoms. The van der Waals surface area contributed by atoms with E-state index >= 15 is 0 Å². The lowest BCUT2D eigenvalue weighted by Gasteiger charge is -2.44. The van der Waals surface area contributed by atoms with E-state index in [1.54, 1.807) is 0 Å². The molecule has 0 radical (unpaired) electrons. The van der Waals surface area contributed by atoms with Crippen molar-refractivity contribution in [3.05, 3.63) is 12.1 Å². The molecule has 0 aliphatic carbocycles. The van der Waals surface area contributed by atoms with Gasteiger partial charge in [0.15, 0.2) is 8.32 Å². The van der Waals surface area contributed by atoms with Crippen LogP contribution in [-0.2, 0) is 13.7 Å². The molecule has 0 aromatic rings. The lowest BCUT2D eigenvalue weighted by Crippen LogP contribution is -2.44. The lowest BCUT2D eigenvalue weighted by molar-refractivity contribution is 0.283. The van der Waals surface area contributed by atoms with Crippen molar-refractivity contribution in [1.29, 1.82) is 0 Å². The molecule has 1 aliphatic heterocycles. The second-order valence-corrected chi connectivity index (χ2v) is 13.9. The fraction of sp³-hybridized carbons (Fsp3) is 0.882. The molecule has 0 N–H and O–H groups in total. The van der Waals surface area contributed by atoms with Gasteiger partial charge in [0, 0.05) is 19.8 Å². The monoisotopic (exact) mass is 327 g/mol. The van der Waals surface area contributed by atoms with Crippen molar-refractivity contribution in [1.82, 2.24) is 0 Å². The van der Waals surface area contributed by atoms with Gasteiger partial charge in [0.2, 0.25) is 0 Å². The molecule has 1 aliphatic rings. The molecular formula is C17H36BO3Si-. The van der Waals surface area contributed by atoms with Crippen molar-refractivity contribution in [2.75, 3.05) is 19.8 Å². The van der Waals surface area contributed by atoms with Crippen LogP contribution in [0.5, 0.6) is 0 Å². The van der Waals surface area contributed by atoms with Gasteiger partial charge < -0.3 is 13.7 Å². The van der Waals surface area contributed by atoms with E-state index in [0.717, 1.165) is 19.4 Å². The molecule has 0 spiro atoms. The predicted octanol–water partition coefficient (Wildman–Crippen LogP) is 5.17. The first-order valence-corrected chi connectivity index (χ1v) is 11.6. The van der Waals surface area contributed by atoms with E-state index in [0.29, 0.717) is 13.2 Å². The molecule has 0 amide bonds. The highest BCUT2D eigenvalue weighted by Gasteiger charge is 2.39. The second kappa shape index (κ2) is 7.20. The summed E-state index contributed by atoms with van der Waals surface area (Å²) in [4.78, 5) is 0. The Balaban J connectivity index is 2.41. The highest BCUT2D eigenvalue weighted by Crippen LogP contribution is 2.41. The van der Waals surface area contributed by atoms with Crippen LogP contribution in [-0.4, -0.2) is 34.7 Å². The summed E-state index contributed by atoms with van der Waals surface area (Å²) in [5.74, 6) is 2.17. The van der Waals surface area contributed by atoms with Gasteiger partial charge in [0.05, 0.1) is 0 Å². The van der Waals surface area contributed by atoms with Crippen LogP contribution in [0.3, 0.4) is 0 Å². The Morgan fingerprint density at radius 2 is 1.59 bits per heavy atom. The van der Waals surface area contributed by atoms with E-state index in [-0.39, 0.29) is 10.4 Å². The van der Waals surface area contributed by atoms with Gasteiger partial charge in [-0.3, -0.25) is 0 Å². The van der Waals surface area contributed by atoms with Gasteiger partial charge in [-0.2, -0.15) is 5.98 Å². The molecule has 0 saturated carbocycles. The fourth-order valence-corrected chi connectivity index (χ4v) is 3.50. The summed E-state index contributed by atoms with van der Waals surface area (Å²) < 4.78 is 18.1. The van der Waals surface area contributed by atoms with Crippen molar-refractivity contribution >= 4 is 14.9 Å². The normalized spacial score (nSPS) is 20.0. The first kappa shape index (κ1) is 19.9. The van der Waals surface area contributed by atoms with Crippen LogP contribution in [0.15, 0.2) is 12.1 Å². The Kier molecular flexibility index (Phi) is 6.53. The summed E-state index contributed by atoms with van der Waals surface area (Å²) in [6.45, 7) is 19.0. The maximum atomic E-state index is 6.21. The number of hydrogen-bond donors (Lipinski definition) is 0. The Hall–Kier alpha value is -0.0982. The topological polar surface area (TPSA) is 27.7 Å². The Morgan fingerprint density at radius 3 is 2.05 bits per heavy atom. The third-order valence-corrected chi connectivity index (χ3v) is 9.73. The van der Waals surface area contributed by atoms with Gasteiger partial charge in [-0.15, -0.1) is 11.4 Å². The minimum atomic E-state index is -1.60. The Bertz CT molecular complexity index is 374. The average Bonchev–Trinajstić information content (AvgIpc) is 2.81. The summed E-state index contributed by atoms with van der Waals surface area (Å²) in [7, 11) is -1.60. The molecule has 0 atom stereocenters. The molecule has 130 valence electrons. The molecule has 0 aromatic carbocycles. The van der Waals surface area contributed by atoms with E-state index in [2.05, 4.69) is 66.7 Å². The van der Waals surface area contributed by atoms with Crippen LogP contribution in [0.1, 0.15) is 54.4 Å². The Morgan fingerprint density at radius 1 is 1.05 bits per heavy atom. The fourth-order valence-electron chi connectivity index (χ4n) is 2.41. The van der Waals surface area contributed by atoms with E-state index in [1.807, 2.05) is 0 Å². The van der Waals surface area contributed by atoms with Gasteiger partial charge >= 0.3 is 0 Å². The molecule has 3 nitrogen and oxygen atoms in total. The molecular weight excluding hydrogens is 291 g/mol. The summed E-state index contributed by atoms with van der Waals surface area (Å²) >= 11 is 0. The highest BCUT2D eigenvalue weighted by atomic mass is 28.4. The van der Waals surface area contributed by atoms with Crippen molar-refractivity contribution in [2.24, 2.45) is 0 Å². The molecule has 1 fully saturated rings. The van der Waals surface area contributed by atoms with Crippen LogP contribution in [0.2, 0.25) is 23.4 Å². The largest absolute Gasteiger partial charge is 0.563 e. The van der Waals surface area contributed by atoms with Crippen molar-refractivity contribution < 1.29 is 13.7 Å².